The van der Waals surface area contributed by atoms with Crippen LogP contribution in [0.15, 0.2) is 66.9 Å². The highest BCUT2D eigenvalue weighted by atomic mass is 16.6. The van der Waals surface area contributed by atoms with E-state index >= 15 is 0 Å². The van der Waals surface area contributed by atoms with Crippen molar-refractivity contribution in [3.63, 3.8) is 0 Å². The van der Waals surface area contributed by atoms with E-state index in [1.54, 1.807) is 18.2 Å². The molecule has 0 fully saturated rings. The quantitative estimate of drug-likeness (QED) is 0.483. The maximum atomic E-state index is 11.7. The van der Waals surface area contributed by atoms with Crippen molar-refractivity contribution in [3.05, 3.63) is 88.1 Å². The number of hydrogen-bond donors (Lipinski definition) is 1. The number of carbonyl (C=O) groups excluding carboxylic acids is 1. The van der Waals surface area contributed by atoms with E-state index in [0.717, 1.165) is 17.3 Å². The fourth-order valence-electron chi connectivity index (χ4n) is 3.57. The summed E-state index contributed by atoms with van der Waals surface area (Å²) < 4.78 is 11.9. The van der Waals surface area contributed by atoms with Gasteiger partial charge in [0.25, 0.3) is 5.69 Å². The Balaban J connectivity index is 1.60. The van der Waals surface area contributed by atoms with E-state index in [1.165, 1.54) is 12.1 Å². The third-order valence-electron chi connectivity index (χ3n) is 4.96. The summed E-state index contributed by atoms with van der Waals surface area (Å²) in [7, 11) is 0. The number of carbonyl (C=O) groups is 1. The number of nitro groups is 1. The van der Waals surface area contributed by atoms with Gasteiger partial charge in [-0.15, -0.1) is 0 Å². The van der Waals surface area contributed by atoms with Gasteiger partial charge in [0.05, 0.1) is 4.92 Å². The third-order valence-corrected chi connectivity index (χ3v) is 4.96. The topological polar surface area (TPSA) is 118 Å². The number of benzene rings is 2. The number of pyridine rings is 1. The molecule has 2 atom stereocenters. The first-order chi connectivity index (χ1) is 14.5. The third kappa shape index (κ3) is 4.22. The van der Waals surface area contributed by atoms with Gasteiger partial charge in [0.1, 0.15) is 23.8 Å². The summed E-state index contributed by atoms with van der Waals surface area (Å²) in [4.78, 5) is 25.9. The van der Waals surface area contributed by atoms with Gasteiger partial charge in [0.2, 0.25) is 11.8 Å². The smallest absolute Gasteiger partial charge is 0.287 e. The largest absolute Gasteiger partial charge is 0.485 e. The van der Waals surface area contributed by atoms with Crippen molar-refractivity contribution in [1.29, 1.82) is 0 Å². The maximum absolute atomic E-state index is 11.7. The summed E-state index contributed by atoms with van der Waals surface area (Å²) in [5.74, 6) is 0.885. The van der Waals surface area contributed by atoms with Crippen molar-refractivity contribution < 1.29 is 19.2 Å². The molecular weight excluding hydrogens is 386 g/mol. The first-order valence-electron chi connectivity index (χ1n) is 9.42. The highest BCUT2D eigenvalue weighted by Gasteiger charge is 2.30. The number of primary amides is 1. The van der Waals surface area contributed by atoms with Crippen molar-refractivity contribution in [3.8, 4) is 17.4 Å². The zero-order valence-corrected chi connectivity index (χ0v) is 15.9. The first-order valence-corrected chi connectivity index (χ1v) is 9.42. The van der Waals surface area contributed by atoms with Crippen molar-refractivity contribution in [2.45, 2.75) is 24.9 Å². The van der Waals surface area contributed by atoms with Crippen LogP contribution in [0.4, 0.5) is 5.69 Å². The number of hydrogen-bond acceptors (Lipinski definition) is 6. The molecule has 3 aromatic rings. The minimum absolute atomic E-state index is 0.116. The molecule has 4 rings (SSSR count). The lowest BCUT2D eigenvalue weighted by atomic mass is 9.85. The van der Waals surface area contributed by atoms with Crippen molar-refractivity contribution >= 4 is 11.6 Å². The molecule has 152 valence electrons. The summed E-state index contributed by atoms with van der Waals surface area (Å²) in [5.41, 5.74) is 7.24. The van der Waals surface area contributed by atoms with Crippen LogP contribution < -0.4 is 15.2 Å². The minimum atomic E-state index is -0.523. The molecule has 30 heavy (non-hydrogen) atoms. The molecular formula is C22H19N3O5. The second-order valence-corrected chi connectivity index (χ2v) is 7.03. The normalized spacial score (nSPS) is 17.5. The number of amides is 1. The highest BCUT2D eigenvalue weighted by Crippen LogP contribution is 2.45. The van der Waals surface area contributed by atoms with Crippen LogP contribution >= 0.6 is 0 Å². The monoisotopic (exact) mass is 405 g/mol. The molecule has 1 aliphatic rings. The molecule has 0 radical (unpaired) electrons. The number of fused-ring (bicyclic) bond motifs is 1. The van der Waals surface area contributed by atoms with E-state index < -0.39 is 4.92 Å². The van der Waals surface area contributed by atoms with Gasteiger partial charge in [-0.25, -0.2) is 4.98 Å². The number of aromatic nitrogens is 1. The fraction of sp³-hybridized carbons (Fsp3) is 0.182. The lowest BCUT2D eigenvalue weighted by molar-refractivity contribution is -0.385. The number of rotatable bonds is 6. The highest BCUT2D eigenvalue weighted by molar-refractivity contribution is 5.75. The van der Waals surface area contributed by atoms with Gasteiger partial charge in [0.15, 0.2) is 0 Å². The Hall–Kier alpha value is -3.94. The van der Waals surface area contributed by atoms with Crippen LogP contribution in [0.3, 0.4) is 0 Å². The zero-order valence-electron chi connectivity index (χ0n) is 15.9. The van der Waals surface area contributed by atoms with Crippen LogP contribution in [-0.2, 0) is 4.79 Å². The second-order valence-electron chi connectivity index (χ2n) is 7.03. The van der Waals surface area contributed by atoms with E-state index in [9.17, 15) is 14.9 Å². The molecule has 1 aliphatic heterocycles. The maximum Gasteiger partial charge on any atom is 0.287 e. The molecule has 1 amide bonds. The molecule has 2 aromatic carbocycles. The molecule has 0 saturated heterocycles. The minimum Gasteiger partial charge on any atom is -0.485 e. The Morgan fingerprint density at radius 1 is 1.20 bits per heavy atom. The summed E-state index contributed by atoms with van der Waals surface area (Å²) in [6.07, 6.45) is 1.76. The van der Waals surface area contributed by atoms with Gasteiger partial charge in [0, 0.05) is 30.0 Å². The lowest BCUT2D eigenvalue weighted by Crippen LogP contribution is -2.23. The van der Waals surface area contributed by atoms with Crippen molar-refractivity contribution in [1.82, 2.24) is 4.98 Å². The summed E-state index contributed by atoms with van der Waals surface area (Å²) in [6.45, 7) is 0. The van der Waals surface area contributed by atoms with E-state index in [-0.39, 0.29) is 35.9 Å². The second kappa shape index (κ2) is 8.20. The predicted octanol–water partition coefficient (Wildman–Crippen LogP) is 4.26. The van der Waals surface area contributed by atoms with Crippen LogP contribution in [-0.4, -0.2) is 15.8 Å². The first kappa shape index (κ1) is 19.4. The Morgan fingerprint density at radius 3 is 2.67 bits per heavy atom. The summed E-state index contributed by atoms with van der Waals surface area (Å²) >= 11 is 0. The van der Waals surface area contributed by atoms with Gasteiger partial charge in [-0.3, -0.25) is 14.9 Å². The van der Waals surface area contributed by atoms with Gasteiger partial charge in [-0.1, -0.05) is 30.3 Å². The summed E-state index contributed by atoms with van der Waals surface area (Å²) in [5, 5.41) is 10.8. The van der Waals surface area contributed by atoms with Gasteiger partial charge in [-0.2, -0.15) is 0 Å². The Morgan fingerprint density at radius 2 is 2.00 bits per heavy atom. The molecule has 2 unspecified atom stereocenters. The molecule has 0 saturated carbocycles. The molecule has 0 aliphatic carbocycles. The zero-order chi connectivity index (χ0) is 21.1. The Labute approximate surface area is 172 Å². The lowest BCUT2D eigenvalue weighted by Gasteiger charge is -2.32. The molecule has 2 N–H and O–H groups in total. The van der Waals surface area contributed by atoms with Crippen molar-refractivity contribution in [2.75, 3.05) is 0 Å². The molecule has 2 heterocycles. The standard InChI is InChI=1S/C22H19N3O5/c23-21(26)11-15-10-20(14-4-2-1-3-5-14)30-19-8-7-17(12-18(15)19)29-22-9-6-16(13-24-22)25(27)28/h1-9,12-13,15,20H,10-11H2,(H2,23,26). The van der Waals surface area contributed by atoms with Gasteiger partial charge >= 0.3 is 0 Å². The Kier molecular flexibility index (Phi) is 5.30. The van der Waals surface area contributed by atoms with Crippen molar-refractivity contribution in [2.24, 2.45) is 5.73 Å². The van der Waals surface area contributed by atoms with Gasteiger partial charge < -0.3 is 15.2 Å². The molecule has 8 heteroatoms. The number of nitrogens with two attached hydrogens (primary N) is 1. The number of ether oxygens (including phenoxy) is 2. The predicted molar refractivity (Wildman–Crippen MR) is 108 cm³/mol. The van der Waals surface area contributed by atoms with E-state index in [0.29, 0.717) is 17.9 Å². The average Bonchev–Trinajstić information content (AvgIpc) is 2.74. The van der Waals surface area contributed by atoms with E-state index in [1.807, 2.05) is 30.3 Å². The average molecular weight is 405 g/mol. The van der Waals surface area contributed by atoms with Gasteiger partial charge in [-0.05, 0) is 30.2 Å². The Bertz CT molecular complexity index is 1070. The van der Waals surface area contributed by atoms with Crippen LogP contribution in [0.2, 0.25) is 0 Å². The molecule has 1 aromatic heterocycles. The molecule has 8 nitrogen and oxygen atoms in total. The van der Waals surface area contributed by atoms with E-state index in [4.69, 9.17) is 15.2 Å². The SMILES string of the molecule is NC(=O)CC1CC(c2ccccc2)Oc2ccc(Oc3ccc([N+](=O)[O-])cn3)cc21. The van der Waals surface area contributed by atoms with Crippen LogP contribution in [0.1, 0.15) is 36.0 Å². The van der Waals surface area contributed by atoms with Crippen LogP contribution in [0, 0.1) is 10.1 Å². The van der Waals surface area contributed by atoms with E-state index in [2.05, 4.69) is 4.98 Å². The fourth-order valence-corrected chi connectivity index (χ4v) is 3.57. The molecule has 0 spiro atoms. The summed E-state index contributed by atoms with van der Waals surface area (Å²) in [6, 6.07) is 17.9. The van der Waals surface area contributed by atoms with Crippen LogP contribution in [0.5, 0.6) is 17.4 Å². The van der Waals surface area contributed by atoms with Crippen LogP contribution in [0.25, 0.3) is 0 Å². The molecule has 0 bridgehead atoms. The number of nitrogens with zero attached hydrogens (tertiary/aromatic N) is 2.